The fourth-order valence-corrected chi connectivity index (χ4v) is 12.0. The van der Waals surface area contributed by atoms with Gasteiger partial charge >= 0.3 is 0 Å². The molecule has 29 heavy (non-hydrogen) atoms. The quantitative estimate of drug-likeness (QED) is 0.311. The van der Waals surface area contributed by atoms with Crippen LogP contribution in [0.15, 0.2) is 0 Å². The van der Waals surface area contributed by atoms with Gasteiger partial charge in [0, 0.05) is 0 Å². The Morgan fingerprint density at radius 3 is 2.31 bits per heavy atom. The minimum Gasteiger partial charge on any atom is -0.0724 e. The van der Waals surface area contributed by atoms with Crippen molar-refractivity contribution in [2.45, 2.75) is 115 Å². The van der Waals surface area contributed by atoms with Crippen LogP contribution in [0.1, 0.15) is 112 Å². The Balaban J connectivity index is 1.55. The molecule has 4 aliphatic rings. The number of rotatable bonds is 5. The molecule has 4 rings (SSSR count). The third kappa shape index (κ3) is 3.95. The van der Waals surface area contributed by atoms with Crippen LogP contribution in [-0.4, -0.2) is 3.23 Å². The largest absolute Gasteiger partial charge is 0.0844 e. The molecule has 4 saturated carbocycles. The Kier molecular flexibility index (Phi) is 6.69. The highest BCUT2D eigenvalue weighted by atomic mass is 79.9. The van der Waals surface area contributed by atoms with Crippen molar-refractivity contribution in [2.24, 2.45) is 52.3 Å². The maximum absolute atomic E-state index is 4.27. The molecule has 0 amide bonds. The molecule has 0 N–H and O–H groups in total. The lowest BCUT2D eigenvalue weighted by Gasteiger charge is -2.60. The summed E-state index contributed by atoms with van der Waals surface area (Å²) >= 11 is 8.54. The van der Waals surface area contributed by atoms with E-state index in [2.05, 4.69) is 66.5 Å². The molecule has 4 fully saturated rings. The molecule has 0 heterocycles. The summed E-state index contributed by atoms with van der Waals surface area (Å²) in [6.07, 6.45) is 17.6. The van der Waals surface area contributed by atoms with Crippen LogP contribution in [0, 0.1) is 52.3 Å². The molecule has 1 unspecified atom stereocenters. The maximum Gasteiger partial charge on any atom is 0.0844 e. The second-order valence-electron chi connectivity index (χ2n) is 12.7. The van der Waals surface area contributed by atoms with E-state index >= 15 is 0 Å². The summed E-state index contributed by atoms with van der Waals surface area (Å²) in [5.41, 5.74) is 1.17. The fourth-order valence-electron chi connectivity index (χ4n) is 9.40. The molecule has 0 spiro atoms. The molecule has 2 heteroatoms. The topological polar surface area (TPSA) is 0 Å². The summed E-state index contributed by atoms with van der Waals surface area (Å²) in [6.45, 7) is 12.7. The summed E-state index contributed by atoms with van der Waals surface area (Å²) < 4.78 is 0.163. The van der Waals surface area contributed by atoms with Crippen LogP contribution in [0.2, 0.25) is 0 Å². The molecule has 0 bridgehead atoms. The van der Waals surface area contributed by atoms with Gasteiger partial charge in [-0.05, 0) is 97.2 Å². The zero-order valence-corrected chi connectivity index (χ0v) is 23.0. The Bertz CT molecular complexity index is 583. The van der Waals surface area contributed by atoms with Crippen LogP contribution < -0.4 is 0 Å². The Hall–Kier alpha value is 0.960. The number of fused-ring (bicyclic) bond motifs is 5. The molecule has 0 saturated heterocycles. The average Bonchev–Trinajstić information content (AvgIpc) is 2.85. The predicted molar refractivity (Wildman–Crippen MR) is 134 cm³/mol. The smallest absolute Gasteiger partial charge is 0.0724 e. The van der Waals surface area contributed by atoms with Crippen molar-refractivity contribution in [1.82, 2.24) is 0 Å². The summed E-state index contributed by atoms with van der Waals surface area (Å²) in [5.74, 6) is 6.35. The van der Waals surface area contributed by atoms with Crippen molar-refractivity contribution < 1.29 is 0 Å². The van der Waals surface area contributed by atoms with Gasteiger partial charge in [-0.2, -0.15) is 0 Å². The molecular formula is C27H46Br2. The van der Waals surface area contributed by atoms with Gasteiger partial charge in [-0.1, -0.05) is 98.6 Å². The first kappa shape index (κ1) is 23.1. The standard InChI is InChI=1S/C27H46Br2/c1-18(2)9-8-10-19(3)24-26(5)16-14-22-21(23(26)17-27(24,28)29)13-12-20-11-6-7-15-25(20,22)4/h18-24H,6-17H2,1-5H3/t19-,20?,21-,22+,23+,24-,25+,26+/m1/s1. The van der Waals surface area contributed by atoms with E-state index < -0.39 is 0 Å². The van der Waals surface area contributed by atoms with Gasteiger partial charge in [0.25, 0.3) is 0 Å². The number of hydrogen-bond donors (Lipinski definition) is 0. The van der Waals surface area contributed by atoms with Crippen LogP contribution in [0.3, 0.4) is 0 Å². The average molecular weight is 530 g/mol. The molecule has 4 aliphatic carbocycles. The van der Waals surface area contributed by atoms with E-state index in [0.29, 0.717) is 10.8 Å². The van der Waals surface area contributed by atoms with Crippen LogP contribution in [0.25, 0.3) is 0 Å². The van der Waals surface area contributed by atoms with Crippen LogP contribution >= 0.6 is 31.9 Å². The van der Waals surface area contributed by atoms with E-state index in [1.165, 1.54) is 77.0 Å². The second kappa shape index (κ2) is 8.39. The first-order valence-corrected chi connectivity index (χ1v) is 14.6. The summed E-state index contributed by atoms with van der Waals surface area (Å²) in [6, 6.07) is 0. The molecular weight excluding hydrogens is 484 g/mol. The molecule has 0 aromatic carbocycles. The second-order valence-corrected chi connectivity index (χ2v) is 16.6. The Morgan fingerprint density at radius 1 is 0.828 bits per heavy atom. The molecule has 168 valence electrons. The van der Waals surface area contributed by atoms with E-state index in [9.17, 15) is 0 Å². The lowest BCUT2D eigenvalue weighted by Crippen LogP contribution is -2.53. The third-order valence-electron chi connectivity index (χ3n) is 10.7. The van der Waals surface area contributed by atoms with Gasteiger partial charge in [-0.25, -0.2) is 0 Å². The number of alkyl halides is 2. The van der Waals surface area contributed by atoms with Crippen LogP contribution in [0.5, 0.6) is 0 Å². The normalized spacial score (nSPS) is 47.4. The van der Waals surface area contributed by atoms with E-state index in [4.69, 9.17) is 0 Å². The zero-order chi connectivity index (χ0) is 21.0. The van der Waals surface area contributed by atoms with Crippen molar-refractivity contribution in [3.63, 3.8) is 0 Å². The summed E-state index contributed by atoms with van der Waals surface area (Å²) in [7, 11) is 0. The van der Waals surface area contributed by atoms with Gasteiger partial charge in [0.2, 0.25) is 0 Å². The van der Waals surface area contributed by atoms with E-state index in [1.807, 2.05) is 0 Å². The number of halogens is 2. The Morgan fingerprint density at radius 2 is 1.59 bits per heavy atom. The SMILES string of the molecule is CC(C)CCC[C@@H](C)[C@H]1C(Br)(Br)C[C@H]2[C@@H]3CCC4CCCC[C@]4(C)[C@H]3CC[C@@]21C. The van der Waals surface area contributed by atoms with Crippen LogP contribution in [0.4, 0.5) is 0 Å². The molecule has 0 nitrogen and oxygen atoms in total. The fraction of sp³-hybridized carbons (Fsp3) is 1.00. The highest BCUT2D eigenvalue weighted by Gasteiger charge is 2.65. The monoisotopic (exact) mass is 528 g/mol. The minimum atomic E-state index is 0.163. The van der Waals surface area contributed by atoms with Crippen molar-refractivity contribution in [3.8, 4) is 0 Å². The van der Waals surface area contributed by atoms with Gasteiger partial charge in [0.1, 0.15) is 0 Å². The van der Waals surface area contributed by atoms with E-state index in [1.54, 1.807) is 0 Å². The van der Waals surface area contributed by atoms with Gasteiger partial charge in [-0.3, -0.25) is 0 Å². The lowest BCUT2D eigenvalue weighted by atomic mass is 9.44. The zero-order valence-electron chi connectivity index (χ0n) is 19.8. The minimum absolute atomic E-state index is 0.163. The highest BCUT2D eigenvalue weighted by molar-refractivity contribution is 9.25. The third-order valence-corrected chi connectivity index (χ3v) is 12.3. The van der Waals surface area contributed by atoms with Gasteiger partial charge in [0.15, 0.2) is 0 Å². The van der Waals surface area contributed by atoms with Crippen LogP contribution in [-0.2, 0) is 0 Å². The summed E-state index contributed by atoms with van der Waals surface area (Å²) in [5, 5.41) is 0. The predicted octanol–water partition coefficient (Wildman–Crippen LogP) is 9.59. The van der Waals surface area contributed by atoms with Gasteiger partial charge in [-0.15, -0.1) is 0 Å². The van der Waals surface area contributed by atoms with Crippen molar-refractivity contribution >= 4 is 31.9 Å². The van der Waals surface area contributed by atoms with Gasteiger partial charge in [0.05, 0.1) is 3.23 Å². The first-order chi connectivity index (χ1) is 13.6. The molecule has 0 radical (unpaired) electrons. The van der Waals surface area contributed by atoms with Gasteiger partial charge < -0.3 is 0 Å². The maximum atomic E-state index is 4.27. The van der Waals surface area contributed by atoms with Crippen molar-refractivity contribution in [1.29, 1.82) is 0 Å². The van der Waals surface area contributed by atoms with Crippen molar-refractivity contribution in [3.05, 3.63) is 0 Å². The Labute approximate surface area is 198 Å². The molecule has 0 aromatic rings. The molecule has 0 aromatic heterocycles. The van der Waals surface area contributed by atoms with Crippen molar-refractivity contribution in [2.75, 3.05) is 0 Å². The van der Waals surface area contributed by atoms with E-state index in [-0.39, 0.29) is 3.23 Å². The number of hydrogen-bond acceptors (Lipinski definition) is 0. The molecule has 0 aliphatic heterocycles. The highest BCUT2D eigenvalue weighted by Crippen LogP contribution is 2.72. The summed E-state index contributed by atoms with van der Waals surface area (Å²) in [4.78, 5) is 0. The van der Waals surface area contributed by atoms with E-state index in [0.717, 1.165) is 41.4 Å². The lowest BCUT2D eigenvalue weighted by molar-refractivity contribution is -0.114. The first-order valence-electron chi connectivity index (χ1n) is 13.0. The molecule has 8 atom stereocenters.